The van der Waals surface area contributed by atoms with E-state index in [2.05, 4.69) is 13.2 Å². The minimum Gasteiger partial charge on any atom is -1.00 e. The van der Waals surface area contributed by atoms with Crippen molar-refractivity contribution >= 4 is 15.8 Å². The van der Waals surface area contributed by atoms with Gasteiger partial charge >= 0.3 is 0 Å². The second kappa shape index (κ2) is 29.9. The molecule has 0 bridgehead atoms. The summed E-state index contributed by atoms with van der Waals surface area (Å²) >= 11 is 0. The molecule has 0 amide bonds. The Kier molecular flexibility index (Phi) is 56.9. The summed E-state index contributed by atoms with van der Waals surface area (Å²) in [6, 6.07) is 0. The molecule has 0 spiro atoms. The van der Waals surface area contributed by atoms with E-state index < -0.39 is 15.8 Å². The van der Waals surface area contributed by atoms with Crippen LogP contribution in [0.5, 0.6) is 0 Å². The first-order chi connectivity index (χ1) is 6.62. The maximum atomic E-state index is 8.22. The fourth-order valence-corrected chi connectivity index (χ4v) is 0.300. The lowest BCUT2D eigenvalue weighted by Gasteiger charge is -1.89. The molecule has 104 valence electrons. The predicted octanol–water partition coefficient (Wildman–Crippen LogP) is -5.73. The van der Waals surface area contributed by atoms with Gasteiger partial charge in [-0.3, -0.25) is 0 Å². The third-order valence-corrected chi connectivity index (χ3v) is 3.24. The van der Waals surface area contributed by atoms with Gasteiger partial charge in [-0.25, -0.2) is 0 Å². The van der Waals surface area contributed by atoms with Gasteiger partial charge in [0.15, 0.2) is 25.4 Å². The Morgan fingerprint density at radius 1 is 0.688 bits per heavy atom. The van der Waals surface area contributed by atoms with E-state index in [9.17, 15) is 0 Å². The molecule has 0 unspecified atom stereocenters. The molecular formula is C8H24Br2O4P2. The van der Waals surface area contributed by atoms with E-state index in [4.69, 9.17) is 20.4 Å². The van der Waals surface area contributed by atoms with Crippen molar-refractivity contribution in [3.8, 4) is 0 Å². The molecule has 0 atom stereocenters. The van der Waals surface area contributed by atoms with Crippen molar-refractivity contribution in [2.24, 2.45) is 0 Å². The summed E-state index contributed by atoms with van der Waals surface area (Å²) in [6.45, 7) is 9.76. The molecule has 0 saturated heterocycles. The molecule has 0 fully saturated rings. The molecule has 0 aromatic heterocycles. The second-order valence-corrected chi connectivity index (χ2v) is 7.64. The zero-order valence-corrected chi connectivity index (χ0v) is 15.0. The van der Waals surface area contributed by atoms with Gasteiger partial charge in [-0.1, -0.05) is 0 Å². The van der Waals surface area contributed by atoms with E-state index >= 15 is 0 Å². The Labute approximate surface area is 122 Å². The monoisotopic (exact) mass is 404 g/mol. The molecule has 16 heavy (non-hydrogen) atoms. The van der Waals surface area contributed by atoms with E-state index in [1.807, 2.05) is 13.3 Å². The minimum absolute atomic E-state index is 0. The maximum absolute atomic E-state index is 8.22. The average Bonchev–Trinajstić information content (AvgIpc) is 2.30. The van der Waals surface area contributed by atoms with Gasteiger partial charge in [0.05, 0.1) is 29.2 Å². The fraction of sp³-hybridized carbons (Fsp3) is 0.750. The number of hydrogen-bond acceptors (Lipinski definition) is 4. The van der Waals surface area contributed by atoms with Crippen molar-refractivity contribution in [2.45, 2.75) is 0 Å². The summed E-state index contributed by atoms with van der Waals surface area (Å²) in [7, 11) is -1.51. The highest BCUT2D eigenvalue weighted by Gasteiger charge is 1.99. The van der Waals surface area contributed by atoms with Crippen molar-refractivity contribution < 1.29 is 54.4 Å². The fourth-order valence-electron chi connectivity index (χ4n) is 0.1000. The van der Waals surface area contributed by atoms with Gasteiger partial charge in [0, 0.05) is 0 Å². The normalized spacial score (nSPS) is 7.75. The number of aliphatic hydroxyl groups is 4. The number of rotatable bonds is 4. The Morgan fingerprint density at radius 2 is 0.812 bits per heavy atom. The van der Waals surface area contributed by atoms with Crippen LogP contribution >= 0.6 is 15.8 Å². The standard InChI is InChI=1S/2C3H9O2P.C2H4.2BrH/c2*1-6(2-4)3-5;1-2;;/h2*4-5H,2-3H2,1H3;1-2H2;2*1H. The van der Waals surface area contributed by atoms with E-state index in [-0.39, 0.29) is 59.4 Å². The van der Waals surface area contributed by atoms with Crippen LogP contribution in [0.1, 0.15) is 0 Å². The van der Waals surface area contributed by atoms with Gasteiger partial charge in [-0.05, 0) is 0 Å². The Balaban J connectivity index is -0.0000000393. The van der Waals surface area contributed by atoms with Crippen molar-refractivity contribution in [3.63, 3.8) is 0 Å². The van der Waals surface area contributed by atoms with Gasteiger partial charge in [0.25, 0.3) is 0 Å². The van der Waals surface area contributed by atoms with E-state index in [1.165, 1.54) is 0 Å². The third kappa shape index (κ3) is 36.1. The summed E-state index contributed by atoms with van der Waals surface area (Å²) in [5.74, 6) is 0. The zero-order valence-electron chi connectivity index (χ0n) is 9.79. The summed E-state index contributed by atoms with van der Waals surface area (Å²) < 4.78 is 0. The topological polar surface area (TPSA) is 80.9 Å². The van der Waals surface area contributed by atoms with E-state index in [0.29, 0.717) is 0 Å². The summed E-state index contributed by atoms with van der Waals surface area (Å²) in [5.41, 5.74) is 0. The first-order valence-electron chi connectivity index (χ1n) is 4.18. The van der Waals surface area contributed by atoms with Crippen molar-refractivity contribution in [1.82, 2.24) is 0 Å². The average molecular weight is 406 g/mol. The first-order valence-corrected chi connectivity index (χ1v) is 9.01. The predicted molar refractivity (Wildman–Crippen MR) is 68.1 cm³/mol. The third-order valence-electron chi connectivity index (χ3n) is 1.08. The van der Waals surface area contributed by atoms with Gasteiger partial charge in [-0.2, -0.15) is 0 Å². The molecule has 0 aliphatic heterocycles. The van der Waals surface area contributed by atoms with Gasteiger partial charge in [0.2, 0.25) is 0 Å². The lowest BCUT2D eigenvalue weighted by Crippen LogP contribution is -3.00. The molecular weight excluding hydrogens is 382 g/mol. The molecule has 0 radical (unpaired) electrons. The summed E-state index contributed by atoms with van der Waals surface area (Å²) in [5, 5.41) is 32.9. The SMILES string of the molecule is C=C.C[PH+](CO)CO.C[PH+](CO)CO.[Br-].[Br-]. The number of aliphatic hydroxyl groups excluding tert-OH is 4. The van der Waals surface area contributed by atoms with Crippen LogP contribution in [0.15, 0.2) is 13.2 Å². The number of hydrogen-bond donors (Lipinski definition) is 4. The lowest BCUT2D eigenvalue weighted by atomic mass is 11.3. The highest BCUT2D eigenvalue weighted by Crippen LogP contribution is 2.25. The van der Waals surface area contributed by atoms with Gasteiger partial charge < -0.3 is 54.4 Å². The molecule has 8 heteroatoms. The largest absolute Gasteiger partial charge is 1.00 e. The quantitative estimate of drug-likeness (QED) is 0.277. The molecule has 0 rings (SSSR count). The first kappa shape index (κ1) is 30.4. The van der Waals surface area contributed by atoms with Crippen LogP contribution in [-0.2, 0) is 0 Å². The van der Waals surface area contributed by atoms with Crippen LogP contribution in [0.2, 0.25) is 0 Å². The highest BCUT2D eigenvalue weighted by molar-refractivity contribution is 7.56. The molecule has 0 aromatic rings. The minimum atomic E-state index is -0.757. The van der Waals surface area contributed by atoms with Crippen LogP contribution in [0, 0.1) is 0 Å². The van der Waals surface area contributed by atoms with Crippen molar-refractivity contribution in [2.75, 3.05) is 38.7 Å². The molecule has 0 aromatic carbocycles. The van der Waals surface area contributed by atoms with E-state index in [0.717, 1.165) is 0 Å². The lowest BCUT2D eigenvalue weighted by molar-refractivity contribution is -0.00100. The van der Waals surface area contributed by atoms with E-state index in [1.54, 1.807) is 0 Å². The molecule has 4 N–H and O–H groups in total. The Morgan fingerprint density at radius 3 is 0.812 bits per heavy atom. The maximum Gasteiger partial charge on any atom is 0.153 e. The van der Waals surface area contributed by atoms with Gasteiger partial charge in [0.1, 0.15) is 0 Å². The summed E-state index contributed by atoms with van der Waals surface area (Å²) in [6.07, 6.45) is 0.727. The molecule has 0 aliphatic carbocycles. The highest BCUT2D eigenvalue weighted by atomic mass is 79.9. The van der Waals surface area contributed by atoms with Crippen molar-refractivity contribution in [1.29, 1.82) is 0 Å². The van der Waals surface area contributed by atoms with Crippen LogP contribution in [0.25, 0.3) is 0 Å². The van der Waals surface area contributed by atoms with Crippen molar-refractivity contribution in [3.05, 3.63) is 13.2 Å². The molecule has 0 heterocycles. The molecule has 0 saturated carbocycles. The van der Waals surface area contributed by atoms with Crippen LogP contribution in [0.4, 0.5) is 0 Å². The Bertz CT molecular complexity index is 86.1. The van der Waals surface area contributed by atoms with Gasteiger partial charge in [-0.15, -0.1) is 13.2 Å². The molecule has 4 nitrogen and oxygen atoms in total. The summed E-state index contributed by atoms with van der Waals surface area (Å²) in [4.78, 5) is 0. The van der Waals surface area contributed by atoms with Crippen LogP contribution in [-0.4, -0.2) is 59.1 Å². The number of halogens is 2. The second-order valence-electron chi connectivity index (χ2n) is 2.55. The smallest absolute Gasteiger partial charge is 0.153 e. The zero-order chi connectivity index (χ0) is 12.0. The van der Waals surface area contributed by atoms with Crippen LogP contribution < -0.4 is 34.0 Å². The Hall–Kier alpha value is 1.40. The van der Waals surface area contributed by atoms with Crippen LogP contribution in [0.3, 0.4) is 0 Å². The molecule has 0 aliphatic rings.